The molecule has 0 nitrogen and oxygen atoms in total. The molecule has 0 saturated carbocycles. The van der Waals surface area contributed by atoms with E-state index in [0.717, 1.165) is 5.75 Å². The summed E-state index contributed by atoms with van der Waals surface area (Å²) in [5, 5.41) is 0. The van der Waals surface area contributed by atoms with Crippen LogP contribution in [-0.2, 0) is 21.0 Å². The van der Waals surface area contributed by atoms with Crippen LogP contribution in [0.4, 0.5) is 0 Å². The van der Waals surface area contributed by atoms with Crippen molar-refractivity contribution in [1.29, 1.82) is 0 Å². The van der Waals surface area contributed by atoms with Crippen LogP contribution >= 0.6 is 11.8 Å². The minimum Gasteiger partial charge on any atom is -1.00 e. The predicted molar refractivity (Wildman–Crippen MR) is 102 cm³/mol. The maximum absolute atomic E-state index is 2.37. The third-order valence-corrected chi connectivity index (χ3v) is 8.30. The van der Waals surface area contributed by atoms with E-state index in [-0.39, 0.29) is 24.8 Å². The number of thioether (sulfide) groups is 1. The van der Waals surface area contributed by atoms with E-state index < -0.39 is 0 Å². The summed E-state index contributed by atoms with van der Waals surface area (Å²) in [6, 6.07) is 19.7. The van der Waals surface area contributed by atoms with Crippen molar-refractivity contribution in [3.05, 3.63) is 81.3 Å². The summed E-state index contributed by atoms with van der Waals surface area (Å²) < 4.78 is 3.20. The van der Waals surface area contributed by atoms with E-state index in [9.17, 15) is 0 Å². The molecule has 1 aliphatic rings. The van der Waals surface area contributed by atoms with Crippen LogP contribution in [0.1, 0.15) is 33.3 Å². The van der Waals surface area contributed by atoms with Gasteiger partial charge in [-0.2, -0.15) is 0 Å². The molecule has 1 atom stereocenters. The Bertz CT molecular complexity index is 797. The van der Waals surface area contributed by atoms with Gasteiger partial charge in [-0.05, 0) is 0 Å². The van der Waals surface area contributed by atoms with E-state index in [0.29, 0.717) is 21.1 Å². The first kappa shape index (κ1) is 23.4. The maximum Gasteiger partial charge on any atom is -1.00 e. The molecule has 1 unspecified atom stereocenters. The van der Waals surface area contributed by atoms with Gasteiger partial charge in [0, 0.05) is 0 Å². The van der Waals surface area contributed by atoms with Gasteiger partial charge in [-0.1, -0.05) is 0 Å². The van der Waals surface area contributed by atoms with Crippen LogP contribution in [0.3, 0.4) is 0 Å². The zero-order chi connectivity index (χ0) is 17.1. The Morgan fingerprint density at radius 1 is 0.846 bits per heavy atom. The summed E-state index contributed by atoms with van der Waals surface area (Å²) in [6.07, 6.45) is 0. The Morgan fingerprint density at radius 2 is 1.46 bits per heavy atom. The zero-order valence-corrected chi connectivity index (χ0v) is 19.2. The molecule has 2 aromatic carbocycles. The molecular formula is C22H24Cl2CrS. The number of hydrogen-bond donors (Lipinski definition) is 0. The smallest absolute Gasteiger partial charge is 1.00 e. The first-order chi connectivity index (χ1) is 11.6. The largest absolute Gasteiger partial charge is 1.00 e. The molecular weight excluding hydrogens is 419 g/mol. The van der Waals surface area contributed by atoms with Gasteiger partial charge in [-0.15, -0.1) is 0 Å². The molecule has 0 aromatic heterocycles. The van der Waals surface area contributed by atoms with Gasteiger partial charge in [-0.25, -0.2) is 0 Å². The Balaban J connectivity index is 0.00000169. The fourth-order valence-corrected chi connectivity index (χ4v) is 6.14. The Kier molecular flexibility index (Phi) is 9.59. The third-order valence-electron chi connectivity index (χ3n) is 4.90. The summed E-state index contributed by atoms with van der Waals surface area (Å²) in [5.41, 5.74) is 6.09. The van der Waals surface area contributed by atoms with Crippen LogP contribution in [-0.4, -0.2) is 0 Å². The Labute approximate surface area is 181 Å². The molecule has 0 saturated heterocycles. The van der Waals surface area contributed by atoms with Crippen molar-refractivity contribution in [2.45, 2.75) is 38.3 Å². The molecule has 1 aliphatic carbocycles. The van der Waals surface area contributed by atoms with E-state index >= 15 is 0 Å². The Morgan fingerprint density at radius 3 is 2.08 bits per heavy atom. The van der Waals surface area contributed by atoms with Crippen LogP contribution in [0, 0.1) is 5.92 Å². The average Bonchev–Trinajstić information content (AvgIpc) is 2.80. The molecule has 3 rings (SSSR count). The van der Waals surface area contributed by atoms with Crippen molar-refractivity contribution < 1.29 is 40.0 Å². The SMILES string of the molecule is CC1=C(C)C(C)[C]([Cr+2][c]2ccccc2CSc2ccccc2)=C1C.[Cl-].[Cl-]. The summed E-state index contributed by atoms with van der Waals surface area (Å²) in [4.78, 5) is 1.35. The van der Waals surface area contributed by atoms with Gasteiger partial charge < -0.3 is 24.8 Å². The molecule has 0 bridgehead atoms. The minimum atomic E-state index is 0. The number of hydrogen-bond acceptors (Lipinski definition) is 1. The fraction of sp³-hybridized carbons (Fsp3) is 0.273. The third kappa shape index (κ3) is 5.22. The molecule has 4 heteroatoms. The molecule has 0 fully saturated rings. The van der Waals surface area contributed by atoms with Crippen molar-refractivity contribution in [2.75, 3.05) is 0 Å². The van der Waals surface area contributed by atoms with Crippen molar-refractivity contribution >= 4 is 16.2 Å². The molecule has 26 heavy (non-hydrogen) atoms. The molecule has 138 valence electrons. The number of rotatable bonds is 5. The van der Waals surface area contributed by atoms with Crippen LogP contribution in [0.15, 0.2) is 80.6 Å². The summed E-state index contributed by atoms with van der Waals surface area (Å²) in [7, 11) is 0. The van der Waals surface area contributed by atoms with Gasteiger partial charge in [0.25, 0.3) is 0 Å². The normalized spacial score (nSPS) is 16.2. The van der Waals surface area contributed by atoms with Gasteiger partial charge in [0.05, 0.1) is 0 Å². The standard InChI is InChI=1S/C13H11S.C9H13.2ClH.Cr/c1-3-7-12(8-4-1)11-14-13-9-5-2-6-10-13;1-6-5-7(2)9(4)8(6)3;;;/h1-7,9-10H,11H2;6H,1-4H3;2*1H;/q;;;;+2/p-2. The zero-order valence-electron chi connectivity index (χ0n) is 15.6. The molecule has 2 aromatic rings. The van der Waals surface area contributed by atoms with E-state index in [2.05, 4.69) is 82.3 Å². The molecule has 0 radical (unpaired) electrons. The van der Waals surface area contributed by atoms with Crippen molar-refractivity contribution in [3.8, 4) is 0 Å². The number of halogens is 2. The number of allylic oxidation sites excluding steroid dienone is 4. The first-order valence-corrected chi connectivity index (χ1v) is 10.7. The topological polar surface area (TPSA) is 0 Å². The van der Waals surface area contributed by atoms with Gasteiger partial charge in [-0.3, -0.25) is 0 Å². The van der Waals surface area contributed by atoms with Gasteiger partial charge in [0.1, 0.15) is 0 Å². The van der Waals surface area contributed by atoms with E-state index in [1.54, 1.807) is 10.0 Å². The van der Waals surface area contributed by atoms with Crippen molar-refractivity contribution in [3.63, 3.8) is 0 Å². The second kappa shape index (κ2) is 10.6. The summed E-state index contributed by atoms with van der Waals surface area (Å²) >= 11 is 2.34. The monoisotopic (exact) mass is 442 g/mol. The minimum absolute atomic E-state index is 0. The average molecular weight is 443 g/mol. The van der Waals surface area contributed by atoms with Gasteiger partial charge in [0.2, 0.25) is 0 Å². The molecule has 0 heterocycles. The van der Waals surface area contributed by atoms with Crippen LogP contribution in [0.5, 0.6) is 0 Å². The number of benzene rings is 2. The molecule has 0 N–H and O–H groups in total. The molecule has 0 aliphatic heterocycles. The maximum atomic E-state index is 2.37. The molecule has 0 spiro atoms. The van der Waals surface area contributed by atoms with E-state index in [1.165, 1.54) is 26.0 Å². The summed E-state index contributed by atoms with van der Waals surface area (Å²) in [5.74, 6) is 1.66. The van der Waals surface area contributed by atoms with E-state index in [4.69, 9.17) is 0 Å². The molecule has 0 amide bonds. The summed E-state index contributed by atoms with van der Waals surface area (Å²) in [6.45, 7) is 9.25. The fourth-order valence-electron chi connectivity index (χ4n) is 3.01. The van der Waals surface area contributed by atoms with Gasteiger partial charge in [0.15, 0.2) is 0 Å². The van der Waals surface area contributed by atoms with Crippen LogP contribution < -0.4 is 29.2 Å². The quantitative estimate of drug-likeness (QED) is 0.585. The van der Waals surface area contributed by atoms with Gasteiger partial charge >= 0.3 is 157 Å². The van der Waals surface area contributed by atoms with Crippen LogP contribution in [0.25, 0.3) is 0 Å². The first-order valence-electron chi connectivity index (χ1n) is 8.40. The second-order valence-electron chi connectivity index (χ2n) is 6.33. The van der Waals surface area contributed by atoms with Crippen molar-refractivity contribution in [1.82, 2.24) is 0 Å². The van der Waals surface area contributed by atoms with Crippen LogP contribution in [0.2, 0.25) is 0 Å². The van der Waals surface area contributed by atoms with E-state index in [1.807, 2.05) is 11.8 Å². The second-order valence-corrected chi connectivity index (χ2v) is 9.07. The predicted octanol–water partition coefficient (Wildman–Crippen LogP) is -0.0452. The Hall–Kier alpha value is -0.618. The van der Waals surface area contributed by atoms with Crippen molar-refractivity contribution in [2.24, 2.45) is 5.92 Å².